The molecule has 308 valence electrons. The summed E-state index contributed by atoms with van der Waals surface area (Å²) in [4.78, 5) is 10.2. The maximum Gasteiger partial charge on any atom is 0.124 e. The zero-order valence-corrected chi connectivity index (χ0v) is 38.7. The second-order valence-electron chi connectivity index (χ2n) is 18.0. The maximum absolute atomic E-state index is 11.1. The second kappa shape index (κ2) is 16.0. The number of thiophene rings is 1. The van der Waals surface area contributed by atoms with Crippen LogP contribution in [-0.4, -0.2) is 19.6 Å². The molecule has 0 radical (unpaired) electrons. The van der Waals surface area contributed by atoms with E-state index in [4.69, 9.17) is 9.97 Å². The Hall–Kier alpha value is -6.13. The van der Waals surface area contributed by atoms with Gasteiger partial charge in [0.2, 0.25) is 0 Å². The normalized spacial score (nSPS) is 12.0. The van der Waals surface area contributed by atoms with Crippen molar-refractivity contribution in [3.8, 4) is 67.5 Å². The molecule has 0 unspecified atom stereocenters. The molecule has 0 saturated heterocycles. The first-order valence-corrected chi connectivity index (χ1v) is 21.7. The van der Waals surface area contributed by atoms with E-state index in [0.717, 1.165) is 56.0 Å². The van der Waals surface area contributed by atoms with Crippen LogP contribution in [-0.2, 0) is 31.9 Å². The Kier molecular flexibility index (Phi) is 10.6. The molecule has 62 heavy (non-hydrogen) atoms. The number of para-hydroxylation sites is 2. The standard InChI is InChI=1S/C56H46N3OS.Pt/c1-55(2,3)41-28-39(29-42(34-41)56(4,5)6)40-32-48(58-49(33-40)46-16-8-10-19-52(46)60)36-13-11-14-38(27-36)54-44(17-12-25-57-54)35-20-22-51-47(31-35)45-15-7-9-18-50(45)59(51)43-21-23-53-37(30-43)24-26-61-53;/h7-26,28-34,60H,1-6H3;/q-1;. The summed E-state index contributed by atoms with van der Waals surface area (Å²) in [6, 6.07) is 57.1. The molecule has 0 bridgehead atoms. The summed E-state index contributed by atoms with van der Waals surface area (Å²) in [5, 5.41) is 16.9. The van der Waals surface area contributed by atoms with Gasteiger partial charge in [-0.15, -0.1) is 35.6 Å². The van der Waals surface area contributed by atoms with Gasteiger partial charge in [-0.3, -0.25) is 9.97 Å². The number of pyridine rings is 2. The molecule has 4 heterocycles. The van der Waals surface area contributed by atoms with Gasteiger partial charge in [0.1, 0.15) is 5.75 Å². The van der Waals surface area contributed by atoms with Gasteiger partial charge in [-0.25, -0.2) is 0 Å². The van der Waals surface area contributed by atoms with Crippen molar-refractivity contribution >= 4 is 43.2 Å². The molecule has 0 aliphatic carbocycles. The van der Waals surface area contributed by atoms with Crippen LogP contribution in [0.4, 0.5) is 0 Å². The fraction of sp³-hybridized carbons (Fsp3) is 0.143. The predicted molar refractivity (Wildman–Crippen MR) is 257 cm³/mol. The summed E-state index contributed by atoms with van der Waals surface area (Å²) in [6.07, 6.45) is 1.86. The average Bonchev–Trinajstić information content (AvgIpc) is 3.88. The van der Waals surface area contributed by atoms with Gasteiger partial charge in [0, 0.05) is 65.4 Å². The van der Waals surface area contributed by atoms with Gasteiger partial charge < -0.3 is 9.67 Å². The Morgan fingerprint density at radius 3 is 2.05 bits per heavy atom. The van der Waals surface area contributed by atoms with E-state index in [2.05, 4.69) is 179 Å². The van der Waals surface area contributed by atoms with Crippen molar-refractivity contribution in [3.63, 3.8) is 0 Å². The third-order valence-electron chi connectivity index (χ3n) is 11.8. The first-order valence-electron chi connectivity index (χ1n) is 20.9. The van der Waals surface area contributed by atoms with Gasteiger partial charge in [-0.2, -0.15) is 0 Å². The summed E-state index contributed by atoms with van der Waals surface area (Å²) >= 11 is 1.77. The predicted octanol–water partition coefficient (Wildman–Crippen LogP) is 15.2. The minimum Gasteiger partial charge on any atom is -0.507 e. The van der Waals surface area contributed by atoms with Crippen molar-refractivity contribution in [2.45, 2.75) is 52.4 Å². The summed E-state index contributed by atoms with van der Waals surface area (Å²) in [5.41, 5.74) is 14.9. The number of phenolic OH excluding ortho intramolecular Hbond substituents is 1. The average molecular weight is 1000 g/mol. The van der Waals surface area contributed by atoms with E-state index in [1.807, 2.05) is 30.5 Å². The van der Waals surface area contributed by atoms with Crippen molar-refractivity contribution in [1.29, 1.82) is 0 Å². The van der Waals surface area contributed by atoms with Crippen LogP contribution in [0.5, 0.6) is 5.75 Å². The van der Waals surface area contributed by atoms with Gasteiger partial charge in [0.15, 0.2) is 0 Å². The number of hydrogen-bond donors (Lipinski definition) is 1. The maximum atomic E-state index is 11.1. The number of nitrogens with zero attached hydrogens (tertiary/aromatic N) is 3. The first kappa shape index (κ1) is 41.2. The molecule has 0 spiro atoms. The molecule has 0 amide bonds. The Morgan fingerprint density at radius 2 is 1.26 bits per heavy atom. The number of phenols is 1. The van der Waals surface area contributed by atoms with E-state index in [0.29, 0.717) is 11.3 Å². The van der Waals surface area contributed by atoms with Crippen LogP contribution < -0.4 is 0 Å². The number of aromatic nitrogens is 3. The van der Waals surface area contributed by atoms with Crippen LogP contribution in [0.15, 0.2) is 163 Å². The molecule has 0 aliphatic rings. The SMILES string of the molecule is CC(C)(C)c1cc(-c2cc(-c3[c-]c(-c4ncccc4-c4ccc5c(c4)c4ccccc4n5-c4ccc5sccc5c4)ccc3)nc(-c3ccccc3O)c2)cc(C(C)(C)C)c1.[Pt]. The van der Waals surface area contributed by atoms with Gasteiger partial charge >= 0.3 is 0 Å². The molecule has 4 aromatic heterocycles. The molecule has 1 N–H and O–H groups in total. The summed E-state index contributed by atoms with van der Waals surface area (Å²) in [5.74, 6) is 0.191. The molecule has 0 aliphatic heterocycles. The fourth-order valence-corrected chi connectivity index (χ4v) is 9.22. The molecule has 0 fully saturated rings. The van der Waals surface area contributed by atoms with Crippen LogP contribution in [0, 0.1) is 6.07 Å². The smallest absolute Gasteiger partial charge is 0.124 e. The summed E-state index contributed by atoms with van der Waals surface area (Å²) in [6.45, 7) is 13.6. The Balaban J connectivity index is 0.00000490. The summed E-state index contributed by atoms with van der Waals surface area (Å²) in [7, 11) is 0. The van der Waals surface area contributed by atoms with Gasteiger partial charge in [-0.05, 0) is 122 Å². The van der Waals surface area contributed by atoms with Crippen LogP contribution in [0.1, 0.15) is 52.7 Å². The molecule has 0 atom stereocenters. The molecular formula is C56H46N3OPtS-. The molecule has 0 saturated carbocycles. The molecule has 6 heteroatoms. The second-order valence-corrected chi connectivity index (χ2v) is 19.0. The third-order valence-corrected chi connectivity index (χ3v) is 12.7. The number of fused-ring (bicyclic) bond motifs is 4. The van der Waals surface area contributed by atoms with Crippen molar-refractivity contribution in [2.24, 2.45) is 0 Å². The molecular weight excluding hydrogens is 958 g/mol. The molecule has 10 rings (SSSR count). The minimum atomic E-state index is -0.0461. The third kappa shape index (κ3) is 7.59. The van der Waals surface area contributed by atoms with Crippen LogP contribution >= 0.6 is 11.3 Å². The Bertz CT molecular complexity index is 3280. The van der Waals surface area contributed by atoms with Crippen molar-refractivity contribution in [2.75, 3.05) is 0 Å². The quantitative estimate of drug-likeness (QED) is 0.169. The van der Waals surface area contributed by atoms with Crippen LogP contribution in [0.3, 0.4) is 0 Å². The van der Waals surface area contributed by atoms with Crippen molar-refractivity contribution in [3.05, 3.63) is 180 Å². The summed E-state index contributed by atoms with van der Waals surface area (Å²) < 4.78 is 3.66. The zero-order chi connectivity index (χ0) is 42.0. The van der Waals surface area contributed by atoms with E-state index in [-0.39, 0.29) is 37.6 Å². The first-order chi connectivity index (χ1) is 29.4. The number of aromatic hydroxyl groups is 1. The van der Waals surface area contributed by atoms with Crippen molar-refractivity contribution < 1.29 is 26.2 Å². The number of benzene rings is 6. The monoisotopic (exact) mass is 1000 g/mol. The van der Waals surface area contributed by atoms with Crippen molar-refractivity contribution in [1.82, 2.24) is 14.5 Å². The van der Waals surface area contributed by atoms with Crippen LogP contribution in [0.2, 0.25) is 0 Å². The van der Waals surface area contributed by atoms with Gasteiger partial charge in [-0.1, -0.05) is 119 Å². The van der Waals surface area contributed by atoms with Crippen LogP contribution in [0.25, 0.3) is 93.6 Å². The number of hydrogen-bond acceptors (Lipinski definition) is 4. The largest absolute Gasteiger partial charge is 0.507 e. The Labute approximate surface area is 381 Å². The Morgan fingerprint density at radius 1 is 0.565 bits per heavy atom. The zero-order valence-electron chi connectivity index (χ0n) is 35.6. The van der Waals surface area contributed by atoms with E-state index in [9.17, 15) is 5.11 Å². The topological polar surface area (TPSA) is 50.9 Å². The van der Waals surface area contributed by atoms with E-state index >= 15 is 0 Å². The van der Waals surface area contributed by atoms with E-state index < -0.39 is 0 Å². The molecule has 4 nitrogen and oxygen atoms in total. The number of rotatable bonds is 6. The minimum absolute atomic E-state index is 0. The molecule has 6 aromatic carbocycles. The molecule has 10 aromatic rings. The van der Waals surface area contributed by atoms with E-state index in [1.165, 1.54) is 37.5 Å². The van der Waals surface area contributed by atoms with E-state index in [1.54, 1.807) is 17.4 Å². The fourth-order valence-electron chi connectivity index (χ4n) is 8.44. The van der Waals surface area contributed by atoms with Gasteiger partial charge in [0.05, 0.1) is 16.7 Å². The van der Waals surface area contributed by atoms with Gasteiger partial charge in [0.25, 0.3) is 0 Å².